The first kappa shape index (κ1) is 25.5. The fourth-order valence-electron chi connectivity index (χ4n) is 3.58. The van der Waals surface area contributed by atoms with Gasteiger partial charge in [-0.1, -0.05) is 79.2 Å². The van der Waals surface area contributed by atoms with E-state index in [2.05, 4.69) is 32.5 Å². The Morgan fingerprint density at radius 3 is 2.27 bits per heavy atom. The highest BCUT2D eigenvalue weighted by Crippen LogP contribution is 2.21. The number of fused-ring (bicyclic) bond motifs is 1. The standard InChI is InChI=1S/C26H29N7O4/c1-2-3-14-33-24-22(31-32-33)23(29-26(27)30-24)28-20(25(35)37-17-19-12-8-5-9-13-19)15-21(34)36-16-18-10-6-4-7-11-18/h4-13,20H,2-3,14-17H2,1H3,(H3,27,28,29,30). The van der Waals surface area contributed by atoms with E-state index in [9.17, 15) is 9.59 Å². The van der Waals surface area contributed by atoms with Gasteiger partial charge in [-0.25, -0.2) is 9.48 Å². The molecule has 2 aromatic carbocycles. The normalized spacial score (nSPS) is 11.7. The number of esters is 2. The number of nitrogens with one attached hydrogen (secondary N) is 1. The molecule has 0 saturated carbocycles. The van der Waals surface area contributed by atoms with Gasteiger partial charge in [-0.15, -0.1) is 5.10 Å². The van der Waals surface area contributed by atoms with Gasteiger partial charge in [0.15, 0.2) is 17.0 Å². The molecular weight excluding hydrogens is 474 g/mol. The third-order valence-corrected chi connectivity index (χ3v) is 5.54. The summed E-state index contributed by atoms with van der Waals surface area (Å²) in [6.07, 6.45) is 1.55. The van der Waals surface area contributed by atoms with Crippen molar-refractivity contribution < 1.29 is 19.1 Å². The number of aryl methyl sites for hydroxylation is 1. The Hall–Kier alpha value is -4.54. The number of rotatable bonds is 12. The van der Waals surface area contributed by atoms with Crippen LogP contribution in [0.5, 0.6) is 0 Å². The molecule has 0 aliphatic rings. The molecule has 2 aromatic heterocycles. The van der Waals surface area contributed by atoms with Crippen LogP contribution in [-0.4, -0.2) is 42.9 Å². The molecule has 1 atom stereocenters. The van der Waals surface area contributed by atoms with Crippen LogP contribution in [0.3, 0.4) is 0 Å². The summed E-state index contributed by atoms with van der Waals surface area (Å²) in [5.74, 6) is -1.06. The van der Waals surface area contributed by atoms with E-state index in [-0.39, 0.29) is 31.4 Å². The van der Waals surface area contributed by atoms with Gasteiger partial charge in [-0.2, -0.15) is 9.97 Å². The summed E-state index contributed by atoms with van der Waals surface area (Å²) in [5, 5.41) is 11.3. The monoisotopic (exact) mass is 503 g/mol. The number of nitrogens with two attached hydrogens (primary N) is 1. The summed E-state index contributed by atoms with van der Waals surface area (Å²) in [6, 6.07) is 17.4. The largest absolute Gasteiger partial charge is 0.461 e. The molecule has 0 spiro atoms. The molecule has 4 rings (SSSR count). The van der Waals surface area contributed by atoms with Crippen LogP contribution in [0.15, 0.2) is 60.7 Å². The predicted molar refractivity (Wildman–Crippen MR) is 137 cm³/mol. The predicted octanol–water partition coefficient (Wildman–Crippen LogP) is 3.26. The fraction of sp³-hybridized carbons (Fsp3) is 0.308. The van der Waals surface area contributed by atoms with Gasteiger partial charge in [0.25, 0.3) is 0 Å². The summed E-state index contributed by atoms with van der Waals surface area (Å²) in [6.45, 7) is 2.81. The van der Waals surface area contributed by atoms with Crippen LogP contribution in [0.1, 0.15) is 37.3 Å². The second kappa shape index (κ2) is 12.4. The topological polar surface area (TPSA) is 147 Å². The lowest BCUT2D eigenvalue weighted by molar-refractivity contribution is -0.152. The Bertz CT molecular complexity index is 1330. The zero-order chi connectivity index (χ0) is 26.0. The number of nitrogens with zero attached hydrogens (tertiary/aromatic N) is 5. The van der Waals surface area contributed by atoms with Crippen LogP contribution < -0.4 is 11.1 Å². The van der Waals surface area contributed by atoms with E-state index in [1.807, 2.05) is 60.7 Å². The van der Waals surface area contributed by atoms with E-state index in [4.69, 9.17) is 15.2 Å². The van der Waals surface area contributed by atoms with Gasteiger partial charge in [0, 0.05) is 6.54 Å². The number of nitrogen functional groups attached to an aromatic ring is 1. The third kappa shape index (κ3) is 7.00. The third-order valence-electron chi connectivity index (χ3n) is 5.54. The number of benzene rings is 2. The lowest BCUT2D eigenvalue weighted by Gasteiger charge is -2.18. The zero-order valence-corrected chi connectivity index (χ0v) is 20.5. The van der Waals surface area contributed by atoms with Gasteiger partial charge in [0.2, 0.25) is 5.95 Å². The van der Waals surface area contributed by atoms with E-state index in [1.165, 1.54) is 0 Å². The molecule has 0 bridgehead atoms. The number of carbonyl (C=O) groups excluding carboxylic acids is 2. The molecule has 192 valence electrons. The number of hydrogen-bond acceptors (Lipinski definition) is 10. The van der Waals surface area contributed by atoms with E-state index in [0.717, 1.165) is 24.0 Å². The molecule has 2 heterocycles. The summed E-state index contributed by atoms with van der Waals surface area (Å²) in [5.41, 5.74) is 8.36. The second-order valence-corrected chi connectivity index (χ2v) is 8.41. The minimum atomic E-state index is -1.11. The van der Waals surface area contributed by atoms with Gasteiger partial charge in [0.05, 0.1) is 6.42 Å². The highest BCUT2D eigenvalue weighted by atomic mass is 16.5. The van der Waals surface area contributed by atoms with Crippen molar-refractivity contribution in [2.45, 2.75) is 52.0 Å². The van der Waals surface area contributed by atoms with Crippen LogP contribution in [0.4, 0.5) is 11.8 Å². The molecule has 11 nitrogen and oxygen atoms in total. The summed E-state index contributed by atoms with van der Waals surface area (Å²) >= 11 is 0. The molecular formula is C26H29N7O4. The van der Waals surface area contributed by atoms with E-state index in [1.54, 1.807) is 4.68 Å². The van der Waals surface area contributed by atoms with Gasteiger partial charge in [0.1, 0.15) is 19.3 Å². The van der Waals surface area contributed by atoms with Crippen molar-refractivity contribution in [3.63, 3.8) is 0 Å². The van der Waals surface area contributed by atoms with Crippen LogP contribution >= 0.6 is 0 Å². The maximum atomic E-state index is 13.1. The lowest BCUT2D eigenvalue weighted by atomic mass is 10.2. The molecule has 0 fully saturated rings. The van der Waals surface area contributed by atoms with Crippen molar-refractivity contribution in [3.8, 4) is 0 Å². The zero-order valence-electron chi connectivity index (χ0n) is 20.5. The Labute approximate surface area is 214 Å². The highest BCUT2D eigenvalue weighted by molar-refractivity contribution is 5.89. The van der Waals surface area contributed by atoms with E-state index in [0.29, 0.717) is 17.7 Å². The second-order valence-electron chi connectivity index (χ2n) is 8.41. The minimum absolute atomic E-state index is 0.0156. The summed E-state index contributed by atoms with van der Waals surface area (Å²) < 4.78 is 12.5. The van der Waals surface area contributed by atoms with Gasteiger partial charge in [-0.3, -0.25) is 4.79 Å². The number of unbranched alkanes of at least 4 members (excludes halogenated alkanes) is 1. The molecule has 11 heteroatoms. The van der Waals surface area contributed by atoms with Crippen molar-refractivity contribution in [2.75, 3.05) is 11.1 Å². The smallest absolute Gasteiger partial charge is 0.329 e. The summed E-state index contributed by atoms with van der Waals surface area (Å²) in [4.78, 5) is 34.3. The first-order chi connectivity index (χ1) is 18.0. The van der Waals surface area contributed by atoms with Crippen molar-refractivity contribution in [1.29, 1.82) is 0 Å². The average Bonchev–Trinajstić information content (AvgIpc) is 3.32. The van der Waals surface area contributed by atoms with Crippen molar-refractivity contribution >= 4 is 34.9 Å². The van der Waals surface area contributed by atoms with Gasteiger partial charge in [-0.05, 0) is 17.5 Å². The van der Waals surface area contributed by atoms with E-state index < -0.39 is 18.0 Å². The molecule has 37 heavy (non-hydrogen) atoms. The lowest BCUT2D eigenvalue weighted by Crippen LogP contribution is -2.34. The number of anilines is 2. The quantitative estimate of drug-likeness (QED) is 0.276. The average molecular weight is 504 g/mol. The van der Waals surface area contributed by atoms with Gasteiger partial charge >= 0.3 is 11.9 Å². The minimum Gasteiger partial charge on any atom is -0.461 e. The van der Waals surface area contributed by atoms with Gasteiger partial charge < -0.3 is 20.5 Å². The first-order valence-corrected chi connectivity index (χ1v) is 12.1. The van der Waals surface area contributed by atoms with E-state index >= 15 is 0 Å². The van der Waals surface area contributed by atoms with Crippen LogP contribution in [0.2, 0.25) is 0 Å². The van der Waals surface area contributed by atoms with Crippen LogP contribution in [-0.2, 0) is 38.8 Å². The molecule has 0 aliphatic heterocycles. The maximum absolute atomic E-state index is 13.1. The Kier molecular flexibility index (Phi) is 8.58. The number of carbonyl (C=O) groups is 2. The van der Waals surface area contributed by atoms with Crippen molar-refractivity contribution in [2.24, 2.45) is 0 Å². The van der Waals surface area contributed by atoms with Crippen molar-refractivity contribution in [1.82, 2.24) is 25.0 Å². The van der Waals surface area contributed by atoms with Crippen LogP contribution in [0.25, 0.3) is 11.2 Å². The Morgan fingerprint density at radius 2 is 1.62 bits per heavy atom. The molecule has 0 radical (unpaired) electrons. The number of aromatic nitrogens is 5. The molecule has 0 saturated heterocycles. The Balaban J connectivity index is 1.53. The van der Waals surface area contributed by atoms with Crippen molar-refractivity contribution in [3.05, 3.63) is 71.8 Å². The number of hydrogen-bond donors (Lipinski definition) is 2. The summed E-state index contributed by atoms with van der Waals surface area (Å²) in [7, 11) is 0. The molecule has 1 unspecified atom stereocenters. The molecule has 4 aromatic rings. The molecule has 0 amide bonds. The highest BCUT2D eigenvalue weighted by Gasteiger charge is 2.27. The number of ether oxygens (including phenoxy) is 2. The SMILES string of the molecule is CCCCn1nnc2c(NC(CC(=O)OCc3ccccc3)C(=O)OCc3ccccc3)nc(N)nc21. The fourth-order valence-corrected chi connectivity index (χ4v) is 3.58. The van der Waals surface area contributed by atoms with Crippen LogP contribution in [0, 0.1) is 0 Å². The molecule has 3 N–H and O–H groups in total. The Morgan fingerprint density at radius 1 is 0.973 bits per heavy atom. The first-order valence-electron chi connectivity index (χ1n) is 12.1. The maximum Gasteiger partial charge on any atom is 0.329 e. The molecule has 0 aliphatic carbocycles.